The minimum atomic E-state index is 0.795. The van der Waals surface area contributed by atoms with Gasteiger partial charge in [0.05, 0.1) is 11.4 Å². The van der Waals surface area contributed by atoms with Crippen LogP contribution < -0.4 is 10.6 Å². The largest absolute Gasteiger partial charge is 0.397 e. The smallest absolute Gasteiger partial charge is 0.0655 e. The van der Waals surface area contributed by atoms with E-state index in [9.17, 15) is 0 Å². The zero-order valence-corrected chi connectivity index (χ0v) is 12.2. The Bertz CT molecular complexity index is 552. The molecule has 0 atom stereocenters. The normalized spacial score (nSPS) is 10.4. The minimum Gasteiger partial charge on any atom is -0.397 e. The van der Waals surface area contributed by atoms with Crippen LogP contribution in [-0.4, -0.2) is 6.54 Å². The third-order valence-corrected chi connectivity index (χ3v) is 3.50. The summed E-state index contributed by atoms with van der Waals surface area (Å²) in [5, 5.41) is 0. The first kappa shape index (κ1) is 13.0. The lowest BCUT2D eigenvalue weighted by atomic mass is 10.1. The second-order valence-electron chi connectivity index (χ2n) is 4.23. The van der Waals surface area contributed by atoms with Crippen LogP contribution in [0.1, 0.15) is 12.5 Å². The fraction of sp³-hybridized carbons (Fsp3) is 0.200. The van der Waals surface area contributed by atoms with Gasteiger partial charge in [-0.2, -0.15) is 0 Å². The van der Waals surface area contributed by atoms with Crippen LogP contribution in [-0.2, 0) is 0 Å². The number of rotatable bonds is 3. The minimum absolute atomic E-state index is 0.795. The Morgan fingerprint density at radius 3 is 2.50 bits per heavy atom. The molecule has 0 heterocycles. The Morgan fingerprint density at radius 2 is 1.83 bits per heavy atom. The predicted octanol–water partition coefficient (Wildman–Crippen LogP) is 4.50. The number of benzene rings is 2. The van der Waals surface area contributed by atoms with E-state index in [2.05, 4.69) is 65.0 Å². The molecular weight excluding hydrogens is 288 g/mol. The molecule has 0 aliphatic heterocycles. The molecule has 2 N–H and O–H groups in total. The summed E-state index contributed by atoms with van der Waals surface area (Å²) in [6, 6.07) is 14.3. The number of halogens is 1. The molecule has 0 radical (unpaired) electrons. The molecule has 0 fully saturated rings. The lowest BCUT2D eigenvalue weighted by Gasteiger charge is -2.26. The molecular formula is C15H17BrN2. The van der Waals surface area contributed by atoms with E-state index in [1.165, 1.54) is 11.3 Å². The van der Waals surface area contributed by atoms with Crippen molar-refractivity contribution in [2.75, 3.05) is 17.2 Å². The Kier molecular flexibility index (Phi) is 3.92. The van der Waals surface area contributed by atoms with Gasteiger partial charge < -0.3 is 10.6 Å². The molecule has 2 aromatic rings. The molecule has 3 heteroatoms. The van der Waals surface area contributed by atoms with Crippen molar-refractivity contribution in [3.05, 3.63) is 52.5 Å². The topological polar surface area (TPSA) is 29.3 Å². The third kappa shape index (κ3) is 2.51. The zero-order chi connectivity index (χ0) is 13.1. The van der Waals surface area contributed by atoms with Crippen LogP contribution in [0.25, 0.3) is 0 Å². The van der Waals surface area contributed by atoms with Crippen molar-refractivity contribution in [2.24, 2.45) is 0 Å². The summed E-state index contributed by atoms with van der Waals surface area (Å²) in [6.07, 6.45) is 0. The second kappa shape index (κ2) is 5.44. The fourth-order valence-electron chi connectivity index (χ4n) is 2.09. The molecule has 2 nitrogen and oxygen atoms in total. The molecule has 2 aromatic carbocycles. The van der Waals surface area contributed by atoms with E-state index in [1.807, 2.05) is 12.1 Å². The molecule has 94 valence electrons. The van der Waals surface area contributed by atoms with Crippen molar-refractivity contribution in [2.45, 2.75) is 13.8 Å². The van der Waals surface area contributed by atoms with Crippen molar-refractivity contribution < 1.29 is 0 Å². The van der Waals surface area contributed by atoms with Crippen LogP contribution in [0.5, 0.6) is 0 Å². The second-order valence-corrected chi connectivity index (χ2v) is 5.15. The predicted molar refractivity (Wildman–Crippen MR) is 82.4 cm³/mol. The standard InChI is InChI=1S/C15H17BrN2/c1-3-18(14-7-5-4-6-11(14)2)15-10-12(16)8-9-13(15)17/h4-10H,3,17H2,1-2H3. The first-order valence-corrected chi connectivity index (χ1v) is 6.81. The summed E-state index contributed by atoms with van der Waals surface area (Å²) in [4.78, 5) is 2.23. The van der Waals surface area contributed by atoms with E-state index in [0.29, 0.717) is 0 Å². The Balaban J connectivity index is 2.52. The summed E-state index contributed by atoms with van der Waals surface area (Å²) in [5.74, 6) is 0. The van der Waals surface area contributed by atoms with Crippen molar-refractivity contribution in [3.63, 3.8) is 0 Å². The van der Waals surface area contributed by atoms with Gasteiger partial charge in [0.15, 0.2) is 0 Å². The maximum atomic E-state index is 6.09. The van der Waals surface area contributed by atoms with E-state index in [0.717, 1.165) is 22.4 Å². The summed E-state index contributed by atoms with van der Waals surface area (Å²) in [7, 11) is 0. The van der Waals surface area contributed by atoms with Gasteiger partial charge in [0.1, 0.15) is 0 Å². The van der Waals surface area contributed by atoms with E-state index in [4.69, 9.17) is 5.73 Å². The number of hydrogen-bond donors (Lipinski definition) is 1. The number of aryl methyl sites for hydroxylation is 1. The zero-order valence-electron chi connectivity index (χ0n) is 10.7. The molecule has 0 unspecified atom stereocenters. The lowest BCUT2D eigenvalue weighted by molar-refractivity contribution is 1.02. The molecule has 0 saturated heterocycles. The van der Waals surface area contributed by atoms with Crippen LogP contribution >= 0.6 is 15.9 Å². The van der Waals surface area contributed by atoms with Gasteiger partial charge in [0.2, 0.25) is 0 Å². The molecule has 0 saturated carbocycles. The average molecular weight is 305 g/mol. The van der Waals surface area contributed by atoms with Crippen LogP contribution in [0.3, 0.4) is 0 Å². The van der Waals surface area contributed by atoms with Crippen molar-refractivity contribution in [1.82, 2.24) is 0 Å². The Morgan fingerprint density at radius 1 is 1.11 bits per heavy atom. The highest BCUT2D eigenvalue weighted by molar-refractivity contribution is 9.10. The van der Waals surface area contributed by atoms with Crippen LogP contribution in [0.2, 0.25) is 0 Å². The lowest BCUT2D eigenvalue weighted by Crippen LogP contribution is -2.18. The van der Waals surface area contributed by atoms with Gasteiger partial charge in [-0.1, -0.05) is 34.1 Å². The summed E-state index contributed by atoms with van der Waals surface area (Å²) in [5.41, 5.74) is 10.4. The maximum absolute atomic E-state index is 6.09. The van der Waals surface area contributed by atoms with Gasteiger partial charge in [-0.25, -0.2) is 0 Å². The molecule has 0 aliphatic rings. The van der Waals surface area contributed by atoms with Crippen molar-refractivity contribution in [1.29, 1.82) is 0 Å². The Labute approximate surface area is 117 Å². The molecule has 2 rings (SSSR count). The highest BCUT2D eigenvalue weighted by Gasteiger charge is 2.12. The van der Waals surface area contributed by atoms with Gasteiger partial charge >= 0.3 is 0 Å². The number of anilines is 3. The molecule has 0 aromatic heterocycles. The Hall–Kier alpha value is -1.48. The van der Waals surface area contributed by atoms with Gasteiger partial charge in [0.25, 0.3) is 0 Å². The summed E-state index contributed by atoms with van der Waals surface area (Å²) in [6.45, 7) is 5.13. The molecule has 0 amide bonds. The number of nitrogens with two attached hydrogens (primary N) is 1. The number of nitrogens with zero attached hydrogens (tertiary/aromatic N) is 1. The van der Waals surface area contributed by atoms with Crippen LogP contribution in [0.15, 0.2) is 46.9 Å². The number of hydrogen-bond acceptors (Lipinski definition) is 2. The number of para-hydroxylation sites is 1. The molecule has 18 heavy (non-hydrogen) atoms. The highest BCUT2D eigenvalue weighted by atomic mass is 79.9. The summed E-state index contributed by atoms with van der Waals surface area (Å²) >= 11 is 3.50. The SMILES string of the molecule is CCN(c1ccccc1C)c1cc(Br)ccc1N. The van der Waals surface area contributed by atoms with E-state index >= 15 is 0 Å². The van der Waals surface area contributed by atoms with Gasteiger partial charge in [-0.05, 0) is 43.7 Å². The third-order valence-electron chi connectivity index (χ3n) is 3.01. The van der Waals surface area contributed by atoms with Gasteiger partial charge in [-0.3, -0.25) is 0 Å². The van der Waals surface area contributed by atoms with Crippen LogP contribution in [0, 0.1) is 6.92 Å². The van der Waals surface area contributed by atoms with Crippen LogP contribution in [0.4, 0.5) is 17.1 Å². The van der Waals surface area contributed by atoms with Crippen molar-refractivity contribution >= 4 is 33.0 Å². The average Bonchev–Trinajstić information content (AvgIpc) is 2.36. The van der Waals surface area contributed by atoms with Gasteiger partial charge in [0, 0.05) is 16.7 Å². The van der Waals surface area contributed by atoms with E-state index in [1.54, 1.807) is 0 Å². The van der Waals surface area contributed by atoms with E-state index in [-0.39, 0.29) is 0 Å². The quantitative estimate of drug-likeness (QED) is 0.846. The van der Waals surface area contributed by atoms with E-state index < -0.39 is 0 Å². The maximum Gasteiger partial charge on any atom is 0.0655 e. The summed E-state index contributed by atoms with van der Waals surface area (Å²) < 4.78 is 1.04. The fourth-order valence-corrected chi connectivity index (χ4v) is 2.44. The number of nitrogen functional groups attached to an aromatic ring is 1. The first-order chi connectivity index (χ1) is 8.63. The van der Waals surface area contributed by atoms with Crippen molar-refractivity contribution in [3.8, 4) is 0 Å². The van der Waals surface area contributed by atoms with Gasteiger partial charge in [-0.15, -0.1) is 0 Å². The molecule has 0 bridgehead atoms. The monoisotopic (exact) mass is 304 g/mol. The molecule has 0 spiro atoms. The first-order valence-electron chi connectivity index (χ1n) is 6.01. The highest BCUT2D eigenvalue weighted by Crippen LogP contribution is 2.34. The molecule has 0 aliphatic carbocycles.